The van der Waals surface area contributed by atoms with E-state index >= 15 is 0 Å². The molecule has 1 aliphatic rings. The lowest BCUT2D eigenvalue weighted by Crippen LogP contribution is -2.08. The first kappa shape index (κ1) is 7.62. The number of H-pyrrole nitrogens is 1. The molecule has 2 aromatic rings. The monoisotopic (exact) mass is 186 g/mol. The van der Waals surface area contributed by atoms with Crippen LogP contribution >= 0.6 is 0 Å². The van der Waals surface area contributed by atoms with Gasteiger partial charge in [0.15, 0.2) is 5.43 Å². The van der Waals surface area contributed by atoms with Gasteiger partial charge in [-0.15, -0.1) is 0 Å². The fraction of sp³-hybridized carbons (Fsp3) is 0.182. The van der Waals surface area contributed by atoms with E-state index in [4.69, 9.17) is 0 Å². The summed E-state index contributed by atoms with van der Waals surface area (Å²) in [4.78, 5) is 15.2. The number of pyridine rings is 1. The molecular weight excluding hydrogens is 176 g/mol. The summed E-state index contributed by atoms with van der Waals surface area (Å²) in [6, 6.07) is 7.62. The van der Waals surface area contributed by atoms with E-state index in [1.807, 2.05) is 24.3 Å². The third-order valence-electron chi connectivity index (χ3n) is 2.68. The van der Waals surface area contributed by atoms with Crippen molar-refractivity contribution in [3.8, 4) is 0 Å². The molecule has 0 atom stereocenters. The molecule has 0 fully saturated rings. The van der Waals surface area contributed by atoms with Gasteiger partial charge in [0.25, 0.3) is 0 Å². The molecule has 0 unspecified atom stereocenters. The Morgan fingerprint density at radius 2 is 2.07 bits per heavy atom. The van der Waals surface area contributed by atoms with E-state index in [2.05, 4.69) is 10.3 Å². The molecule has 1 aromatic heterocycles. The second-order valence-electron chi connectivity index (χ2n) is 3.53. The Labute approximate surface area is 80.8 Å². The van der Waals surface area contributed by atoms with E-state index in [0.29, 0.717) is 0 Å². The molecule has 0 amide bonds. The van der Waals surface area contributed by atoms with Gasteiger partial charge < -0.3 is 10.3 Å². The Bertz CT molecular complexity index is 557. The lowest BCUT2D eigenvalue weighted by Gasteiger charge is -2.02. The predicted molar refractivity (Wildman–Crippen MR) is 56.8 cm³/mol. The van der Waals surface area contributed by atoms with E-state index in [1.54, 1.807) is 0 Å². The molecule has 1 aliphatic heterocycles. The van der Waals surface area contributed by atoms with Crippen LogP contribution in [0, 0.1) is 0 Å². The van der Waals surface area contributed by atoms with Crippen molar-refractivity contribution >= 4 is 16.7 Å². The highest BCUT2D eigenvalue weighted by molar-refractivity contribution is 5.82. The van der Waals surface area contributed by atoms with E-state index in [9.17, 15) is 4.79 Å². The first-order chi connectivity index (χ1) is 6.86. The number of benzene rings is 1. The molecule has 0 bridgehead atoms. The van der Waals surface area contributed by atoms with Gasteiger partial charge in [-0.2, -0.15) is 0 Å². The SMILES string of the molecule is O=c1c2c([nH]c3ccccc13)NCC2. The Morgan fingerprint density at radius 1 is 1.21 bits per heavy atom. The number of para-hydroxylation sites is 1. The summed E-state index contributed by atoms with van der Waals surface area (Å²) in [6.07, 6.45) is 0.829. The highest BCUT2D eigenvalue weighted by atomic mass is 16.1. The van der Waals surface area contributed by atoms with Gasteiger partial charge in [0.05, 0.1) is 5.52 Å². The number of nitrogens with one attached hydrogen (secondary N) is 2. The summed E-state index contributed by atoms with van der Waals surface area (Å²) in [5.41, 5.74) is 1.97. The van der Waals surface area contributed by atoms with Crippen molar-refractivity contribution < 1.29 is 0 Å². The molecule has 14 heavy (non-hydrogen) atoms. The Hall–Kier alpha value is -1.77. The standard InChI is InChI=1S/C11H10N2O/c14-10-7-3-1-2-4-9(7)13-11-8(10)5-6-12-11/h1-4H,5-6H2,(H2,12,13,14). The molecule has 0 spiro atoms. The van der Waals surface area contributed by atoms with Gasteiger partial charge in [-0.05, 0) is 18.6 Å². The van der Waals surface area contributed by atoms with Crippen LogP contribution in [0.15, 0.2) is 29.1 Å². The van der Waals surface area contributed by atoms with Crippen molar-refractivity contribution in [1.82, 2.24) is 4.98 Å². The molecule has 3 rings (SSSR count). The topological polar surface area (TPSA) is 44.9 Å². The normalized spacial score (nSPS) is 14.0. The number of aromatic amines is 1. The fourth-order valence-corrected chi connectivity index (χ4v) is 1.98. The second kappa shape index (κ2) is 2.61. The average Bonchev–Trinajstić information content (AvgIpc) is 2.66. The number of aromatic nitrogens is 1. The van der Waals surface area contributed by atoms with Gasteiger partial charge in [-0.25, -0.2) is 0 Å². The molecule has 0 saturated carbocycles. The van der Waals surface area contributed by atoms with Gasteiger partial charge in [0, 0.05) is 17.5 Å². The van der Waals surface area contributed by atoms with Gasteiger partial charge in [0.1, 0.15) is 5.82 Å². The number of hydrogen-bond donors (Lipinski definition) is 2. The molecule has 3 nitrogen and oxygen atoms in total. The molecule has 0 aliphatic carbocycles. The predicted octanol–water partition coefficient (Wildman–Crippen LogP) is 1.50. The highest BCUT2D eigenvalue weighted by Gasteiger charge is 2.15. The summed E-state index contributed by atoms with van der Waals surface area (Å²) in [5.74, 6) is 0.897. The summed E-state index contributed by atoms with van der Waals surface area (Å²) in [5, 5.41) is 3.96. The van der Waals surface area contributed by atoms with Crippen molar-refractivity contribution in [3.05, 3.63) is 40.1 Å². The maximum absolute atomic E-state index is 12.0. The zero-order valence-electron chi connectivity index (χ0n) is 7.63. The first-order valence-electron chi connectivity index (χ1n) is 4.74. The van der Waals surface area contributed by atoms with Crippen molar-refractivity contribution in [1.29, 1.82) is 0 Å². The Balaban J connectivity index is 2.50. The van der Waals surface area contributed by atoms with Crippen molar-refractivity contribution in [2.75, 3.05) is 11.9 Å². The molecule has 2 N–H and O–H groups in total. The minimum absolute atomic E-state index is 0.166. The minimum Gasteiger partial charge on any atom is -0.371 e. The van der Waals surface area contributed by atoms with E-state index < -0.39 is 0 Å². The van der Waals surface area contributed by atoms with Gasteiger partial charge in [0.2, 0.25) is 0 Å². The third-order valence-corrected chi connectivity index (χ3v) is 2.68. The van der Waals surface area contributed by atoms with Crippen molar-refractivity contribution in [2.45, 2.75) is 6.42 Å². The Morgan fingerprint density at radius 3 is 3.00 bits per heavy atom. The summed E-state index contributed by atoms with van der Waals surface area (Å²) >= 11 is 0. The second-order valence-corrected chi connectivity index (χ2v) is 3.53. The van der Waals surface area contributed by atoms with Crippen LogP contribution in [0.5, 0.6) is 0 Å². The zero-order chi connectivity index (χ0) is 9.54. The molecule has 2 heterocycles. The van der Waals surface area contributed by atoms with Gasteiger partial charge >= 0.3 is 0 Å². The van der Waals surface area contributed by atoms with E-state index in [-0.39, 0.29) is 5.43 Å². The summed E-state index contributed by atoms with van der Waals surface area (Å²) < 4.78 is 0. The smallest absolute Gasteiger partial charge is 0.194 e. The Kier molecular flexibility index (Phi) is 1.42. The van der Waals surface area contributed by atoms with E-state index in [0.717, 1.165) is 35.2 Å². The van der Waals surface area contributed by atoms with Gasteiger partial charge in [-0.3, -0.25) is 4.79 Å². The average molecular weight is 186 g/mol. The summed E-state index contributed by atoms with van der Waals surface area (Å²) in [7, 11) is 0. The molecule has 1 aromatic carbocycles. The number of hydrogen-bond acceptors (Lipinski definition) is 2. The first-order valence-corrected chi connectivity index (χ1v) is 4.74. The van der Waals surface area contributed by atoms with Crippen LogP contribution in [0.4, 0.5) is 5.82 Å². The third kappa shape index (κ3) is 0.894. The van der Waals surface area contributed by atoms with Crippen LogP contribution in [0.25, 0.3) is 10.9 Å². The van der Waals surface area contributed by atoms with Crippen LogP contribution < -0.4 is 10.7 Å². The lowest BCUT2D eigenvalue weighted by atomic mass is 10.1. The fourth-order valence-electron chi connectivity index (χ4n) is 1.98. The largest absolute Gasteiger partial charge is 0.371 e. The minimum atomic E-state index is 0.166. The van der Waals surface area contributed by atoms with Crippen LogP contribution in [0.3, 0.4) is 0 Å². The van der Waals surface area contributed by atoms with Crippen molar-refractivity contribution in [3.63, 3.8) is 0 Å². The van der Waals surface area contributed by atoms with Crippen LogP contribution in [0.2, 0.25) is 0 Å². The zero-order valence-corrected chi connectivity index (χ0v) is 7.63. The number of fused-ring (bicyclic) bond motifs is 2. The maximum Gasteiger partial charge on any atom is 0.194 e. The molecule has 70 valence electrons. The summed E-state index contributed by atoms with van der Waals surface area (Å²) in [6.45, 7) is 0.859. The molecule has 0 radical (unpaired) electrons. The number of anilines is 1. The van der Waals surface area contributed by atoms with E-state index in [1.165, 1.54) is 0 Å². The van der Waals surface area contributed by atoms with Crippen LogP contribution in [0.1, 0.15) is 5.56 Å². The van der Waals surface area contributed by atoms with Crippen LogP contribution in [-0.2, 0) is 6.42 Å². The molecular formula is C11H10N2O. The molecule has 3 heteroatoms. The quantitative estimate of drug-likeness (QED) is 0.654. The lowest BCUT2D eigenvalue weighted by molar-refractivity contribution is 1.10. The van der Waals surface area contributed by atoms with Crippen molar-refractivity contribution in [2.24, 2.45) is 0 Å². The van der Waals surface area contributed by atoms with Gasteiger partial charge in [-0.1, -0.05) is 12.1 Å². The number of rotatable bonds is 0. The maximum atomic E-state index is 12.0. The van der Waals surface area contributed by atoms with Crippen LogP contribution in [-0.4, -0.2) is 11.5 Å². The highest BCUT2D eigenvalue weighted by Crippen LogP contribution is 2.19. The molecule has 0 saturated heterocycles.